The average Bonchev–Trinajstić information content (AvgIpc) is 3.42. The number of fused-ring (bicyclic) bond motifs is 2. The zero-order chi connectivity index (χ0) is 22.8. The van der Waals surface area contributed by atoms with E-state index >= 15 is 0 Å². The summed E-state index contributed by atoms with van der Waals surface area (Å²) in [6, 6.07) is 19.0. The molecular formula is C25H21Cl2N3O3. The van der Waals surface area contributed by atoms with Crippen molar-refractivity contribution in [3.63, 3.8) is 0 Å². The summed E-state index contributed by atoms with van der Waals surface area (Å²) in [6.07, 6.45) is 0.871. The van der Waals surface area contributed by atoms with Crippen molar-refractivity contribution in [1.29, 1.82) is 0 Å². The maximum absolute atomic E-state index is 12.6. The van der Waals surface area contributed by atoms with Crippen LogP contribution in [0.15, 0.2) is 60.7 Å². The first-order chi connectivity index (χ1) is 16.1. The highest BCUT2D eigenvalue weighted by Gasteiger charge is 2.15. The van der Waals surface area contributed by atoms with Crippen molar-refractivity contribution in [2.45, 2.75) is 25.9 Å². The van der Waals surface area contributed by atoms with Crippen LogP contribution in [0.3, 0.4) is 0 Å². The molecule has 168 valence electrons. The van der Waals surface area contributed by atoms with Crippen molar-refractivity contribution in [2.75, 3.05) is 6.79 Å². The Morgan fingerprint density at radius 1 is 1.03 bits per heavy atom. The van der Waals surface area contributed by atoms with Crippen molar-refractivity contribution in [2.24, 2.45) is 0 Å². The topological polar surface area (TPSA) is 65.4 Å². The van der Waals surface area contributed by atoms with E-state index < -0.39 is 0 Å². The lowest BCUT2D eigenvalue weighted by molar-refractivity contribution is -0.121. The molecule has 0 unspecified atom stereocenters. The molecule has 4 aromatic rings. The number of benzene rings is 3. The molecule has 1 N–H and O–H groups in total. The van der Waals surface area contributed by atoms with Crippen molar-refractivity contribution in [1.82, 2.24) is 14.9 Å². The third-order valence-corrected chi connectivity index (χ3v) is 6.17. The molecule has 2 heterocycles. The average molecular weight is 482 g/mol. The van der Waals surface area contributed by atoms with Gasteiger partial charge in [-0.2, -0.15) is 0 Å². The smallest absolute Gasteiger partial charge is 0.231 e. The molecule has 1 aliphatic heterocycles. The number of aromatic nitrogens is 2. The molecule has 0 fully saturated rings. The van der Waals surface area contributed by atoms with E-state index in [1.54, 1.807) is 6.07 Å². The molecule has 0 saturated heterocycles. The minimum Gasteiger partial charge on any atom is -0.454 e. The van der Waals surface area contributed by atoms with Crippen LogP contribution >= 0.6 is 23.2 Å². The van der Waals surface area contributed by atoms with E-state index in [2.05, 4.69) is 9.88 Å². The number of para-hydroxylation sites is 2. The third kappa shape index (κ3) is 4.77. The number of nitrogens with zero attached hydrogens (tertiary/aromatic N) is 2. The number of nitrogens with one attached hydrogen (secondary N) is 1. The predicted octanol–water partition coefficient (Wildman–Crippen LogP) is 5.37. The van der Waals surface area contributed by atoms with E-state index in [0.717, 1.165) is 33.7 Å². The van der Waals surface area contributed by atoms with Crippen molar-refractivity contribution in [3.8, 4) is 11.5 Å². The van der Waals surface area contributed by atoms with Gasteiger partial charge in [0.2, 0.25) is 12.7 Å². The van der Waals surface area contributed by atoms with Gasteiger partial charge in [0.25, 0.3) is 0 Å². The van der Waals surface area contributed by atoms with Gasteiger partial charge in [-0.15, -0.1) is 0 Å². The molecule has 8 heteroatoms. The summed E-state index contributed by atoms with van der Waals surface area (Å²) in [5.41, 5.74) is 3.77. The molecule has 6 nitrogen and oxygen atoms in total. The van der Waals surface area contributed by atoms with Gasteiger partial charge in [0.05, 0.1) is 11.0 Å². The minimum atomic E-state index is -0.0408. The minimum absolute atomic E-state index is 0.0408. The first kappa shape index (κ1) is 21.6. The fraction of sp³-hybridized carbons (Fsp3) is 0.200. The van der Waals surface area contributed by atoms with Crippen LogP contribution in [-0.2, 0) is 24.3 Å². The second kappa shape index (κ2) is 9.33. The van der Waals surface area contributed by atoms with E-state index in [0.29, 0.717) is 41.7 Å². The Bertz CT molecular complexity index is 1340. The van der Waals surface area contributed by atoms with Crippen molar-refractivity contribution >= 4 is 40.1 Å². The van der Waals surface area contributed by atoms with Crippen LogP contribution in [-0.4, -0.2) is 22.3 Å². The van der Waals surface area contributed by atoms with Crippen molar-refractivity contribution in [3.05, 3.63) is 87.7 Å². The van der Waals surface area contributed by atoms with Crippen LogP contribution < -0.4 is 14.8 Å². The molecule has 0 radical (unpaired) electrons. The molecular weight excluding hydrogens is 461 g/mol. The van der Waals surface area contributed by atoms with E-state index in [1.165, 1.54) is 0 Å². The lowest BCUT2D eigenvalue weighted by Gasteiger charge is -2.11. The summed E-state index contributed by atoms with van der Waals surface area (Å²) in [4.78, 5) is 17.4. The number of hydrogen-bond acceptors (Lipinski definition) is 4. The fourth-order valence-electron chi connectivity index (χ4n) is 3.90. The van der Waals surface area contributed by atoms with Gasteiger partial charge in [-0.3, -0.25) is 4.79 Å². The molecule has 1 aliphatic rings. The van der Waals surface area contributed by atoms with Gasteiger partial charge >= 0.3 is 0 Å². The van der Waals surface area contributed by atoms with Crippen LogP contribution in [0, 0.1) is 0 Å². The van der Waals surface area contributed by atoms with E-state index in [9.17, 15) is 4.79 Å². The Balaban J connectivity index is 1.28. The summed E-state index contributed by atoms with van der Waals surface area (Å²) in [6.45, 7) is 1.16. The first-order valence-electron chi connectivity index (χ1n) is 10.6. The SMILES string of the molecule is O=C(CCn1c(Cc2ccc(Cl)cc2Cl)nc2ccccc21)NCc1ccc2c(c1)OCO2. The van der Waals surface area contributed by atoms with E-state index in [-0.39, 0.29) is 12.7 Å². The summed E-state index contributed by atoms with van der Waals surface area (Å²) in [5, 5.41) is 4.17. The Morgan fingerprint density at radius 2 is 1.88 bits per heavy atom. The van der Waals surface area contributed by atoms with Gasteiger partial charge in [-0.1, -0.05) is 47.5 Å². The van der Waals surface area contributed by atoms with Crippen molar-refractivity contribution < 1.29 is 14.3 Å². The highest BCUT2D eigenvalue weighted by molar-refractivity contribution is 6.35. The molecule has 33 heavy (non-hydrogen) atoms. The van der Waals surface area contributed by atoms with Gasteiger partial charge in [-0.05, 0) is 47.5 Å². The molecule has 0 bridgehead atoms. The Kier molecular flexibility index (Phi) is 6.11. The van der Waals surface area contributed by atoms with Gasteiger partial charge < -0.3 is 19.4 Å². The first-order valence-corrected chi connectivity index (χ1v) is 11.4. The lowest BCUT2D eigenvalue weighted by atomic mass is 10.1. The number of carbonyl (C=O) groups excluding carboxylic acids is 1. The molecule has 0 aliphatic carbocycles. The standard InChI is InChI=1S/C25H21Cl2N3O3/c26-18-7-6-17(19(27)13-18)12-24-29-20-3-1-2-4-21(20)30(24)10-9-25(31)28-14-16-5-8-22-23(11-16)33-15-32-22/h1-8,11,13H,9-10,12,14-15H2,(H,28,31). The maximum Gasteiger partial charge on any atom is 0.231 e. The number of imidazole rings is 1. The number of halogens is 2. The maximum atomic E-state index is 12.6. The van der Waals surface area contributed by atoms with Gasteiger partial charge in [0.1, 0.15) is 5.82 Å². The van der Waals surface area contributed by atoms with Crippen LogP contribution in [0.25, 0.3) is 11.0 Å². The molecule has 1 amide bonds. The normalized spacial score (nSPS) is 12.3. The van der Waals surface area contributed by atoms with Gasteiger partial charge in [-0.25, -0.2) is 4.98 Å². The molecule has 5 rings (SSSR count). The number of rotatable bonds is 7. The zero-order valence-corrected chi connectivity index (χ0v) is 19.2. The van der Waals surface area contributed by atoms with E-state index in [4.69, 9.17) is 37.7 Å². The van der Waals surface area contributed by atoms with Gasteiger partial charge in [0, 0.05) is 36.0 Å². The number of hydrogen-bond donors (Lipinski definition) is 1. The number of amides is 1. The van der Waals surface area contributed by atoms with Crippen LogP contribution in [0.4, 0.5) is 0 Å². The molecule has 0 atom stereocenters. The van der Waals surface area contributed by atoms with Crippen LogP contribution in [0.5, 0.6) is 11.5 Å². The number of carbonyl (C=O) groups is 1. The van der Waals surface area contributed by atoms with Gasteiger partial charge in [0.15, 0.2) is 11.5 Å². The van der Waals surface area contributed by atoms with Crippen LogP contribution in [0.1, 0.15) is 23.4 Å². The quantitative estimate of drug-likeness (QED) is 0.385. The molecule has 1 aromatic heterocycles. The monoisotopic (exact) mass is 481 g/mol. The highest BCUT2D eigenvalue weighted by Crippen LogP contribution is 2.32. The summed E-state index contributed by atoms with van der Waals surface area (Å²) >= 11 is 12.4. The lowest BCUT2D eigenvalue weighted by Crippen LogP contribution is -2.24. The largest absolute Gasteiger partial charge is 0.454 e. The second-order valence-electron chi connectivity index (χ2n) is 7.80. The summed E-state index contributed by atoms with van der Waals surface area (Å²) in [7, 11) is 0. The summed E-state index contributed by atoms with van der Waals surface area (Å²) in [5.74, 6) is 2.24. The highest BCUT2D eigenvalue weighted by atomic mass is 35.5. The Labute approximate surface area is 201 Å². The fourth-order valence-corrected chi connectivity index (χ4v) is 4.37. The number of aryl methyl sites for hydroxylation is 1. The molecule has 0 spiro atoms. The second-order valence-corrected chi connectivity index (χ2v) is 8.64. The molecule has 3 aromatic carbocycles. The predicted molar refractivity (Wildman–Crippen MR) is 128 cm³/mol. The van der Waals surface area contributed by atoms with Crippen LogP contribution in [0.2, 0.25) is 10.0 Å². The van der Waals surface area contributed by atoms with E-state index in [1.807, 2.05) is 54.6 Å². The third-order valence-electron chi connectivity index (χ3n) is 5.59. The zero-order valence-electron chi connectivity index (χ0n) is 17.7. The Morgan fingerprint density at radius 3 is 2.76 bits per heavy atom. The summed E-state index contributed by atoms with van der Waals surface area (Å²) < 4.78 is 12.8. The number of ether oxygens (including phenoxy) is 2. The Hall–Kier alpha value is -3.22. The molecule has 0 saturated carbocycles.